The first-order valence-electron chi connectivity index (χ1n) is 11.7. The summed E-state index contributed by atoms with van der Waals surface area (Å²) in [6.45, 7) is 0. The number of benzene rings is 4. The quantitative estimate of drug-likeness (QED) is 0.218. The lowest BCUT2D eigenvalue weighted by atomic mass is 9.95. The Balaban J connectivity index is 1.72. The zero-order chi connectivity index (χ0) is 26.5. The second-order valence-electron chi connectivity index (χ2n) is 8.62. The van der Waals surface area contributed by atoms with Crippen LogP contribution in [0.25, 0.3) is 11.1 Å². The van der Waals surface area contributed by atoms with E-state index in [1.807, 2.05) is 48.5 Å². The van der Waals surface area contributed by atoms with Crippen LogP contribution in [-0.4, -0.2) is 34.0 Å². The van der Waals surface area contributed by atoms with Gasteiger partial charge in [-0.15, -0.1) is 0 Å². The molecule has 4 aromatic rings. The van der Waals surface area contributed by atoms with Crippen molar-refractivity contribution in [2.24, 2.45) is 0 Å². The number of para-hydroxylation sites is 1. The van der Waals surface area contributed by atoms with Crippen LogP contribution in [0.1, 0.15) is 16.7 Å². The van der Waals surface area contributed by atoms with Crippen LogP contribution < -0.4 is 10.1 Å². The van der Waals surface area contributed by atoms with Crippen molar-refractivity contribution in [3.8, 4) is 16.9 Å². The first kappa shape index (κ1) is 26.3. The summed E-state index contributed by atoms with van der Waals surface area (Å²) in [5, 5.41) is 10.9. The summed E-state index contributed by atoms with van der Waals surface area (Å²) >= 11 is 0. The van der Waals surface area contributed by atoms with Crippen molar-refractivity contribution in [1.82, 2.24) is 5.32 Å². The van der Waals surface area contributed by atoms with Crippen molar-refractivity contribution in [3.05, 3.63) is 126 Å². The molecule has 190 valence electrons. The predicted octanol–water partition coefficient (Wildman–Crippen LogP) is 5.03. The van der Waals surface area contributed by atoms with Gasteiger partial charge in [0.05, 0.1) is 7.11 Å². The molecule has 0 aromatic heterocycles. The highest BCUT2D eigenvalue weighted by molar-refractivity contribution is 7.53. The number of hydrogen-bond acceptors (Lipinski definition) is 4. The molecule has 0 saturated heterocycles. The molecule has 0 spiro atoms. The number of methoxy groups -OCH3 is 1. The van der Waals surface area contributed by atoms with Gasteiger partial charge in [-0.25, -0.2) is 0 Å². The molecule has 0 amide bonds. The van der Waals surface area contributed by atoms with Gasteiger partial charge in [-0.3, -0.25) is 14.7 Å². The van der Waals surface area contributed by atoms with Gasteiger partial charge in [0, 0.05) is 5.56 Å². The summed E-state index contributed by atoms with van der Waals surface area (Å²) < 4.78 is 18.6. The van der Waals surface area contributed by atoms with Crippen molar-refractivity contribution in [3.63, 3.8) is 0 Å². The SMILES string of the molecule is COc1ccccc1-c1ccc(C[C@H](NC(c2ccccc2)(c2ccccc2)P(=O)(O)O)C(=O)O)cc1. The summed E-state index contributed by atoms with van der Waals surface area (Å²) in [4.78, 5) is 33.8. The van der Waals surface area contributed by atoms with Crippen LogP contribution in [0.15, 0.2) is 109 Å². The molecule has 37 heavy (non-hydrogen) atoms. The summed E-state index contributed by atoms with van der Waals surface area (Å²) in [6, 6.07) is 30.1. The zero-order valence-corrected chi connectivity index (χ0v) is 21.1. The maximum atomic E-state index is 13.2. The molecule has 4 aromatic carbocycles. The lowest BCUT2D eigenvalue weighted by Crippen LogP contribution is -2.52. The van der Waals surface area contributed by atoms with Gasteiger partial charge in [-0.1, -0.05) is 103 Å². The molecular formula is C29H28NO6P. The monoisotopic (exact) mass is 517 g/mol. The molecular weight excluding hydrogens is 489 g/mol. The highest BCUT2D eigenvalue weighted by Crippen LogP contribution is 2.59. The molecule has 0 aliphatic rings. The minimum atomic E-state index is -4.99. The van der Waals surface area contributed by atoms with E-state index in [9.17, 15) is 24.3 Å². The molecule has 1 atom stereocenters. The summed E-state index contributed by atoms with van der Waals surface area (Å²) in [7, 11) is -3.39. The minimum Gasteiger partial charge on any atom is -0.496 e. The number of ether oxygens (including phenoxy) is 1. The number of carboxylic acids is 1. The normalized spacial score (nSPS) is 12.6. The number of nitrogens with one attached hydrogen (secondary N) is 1. The molecule has 8 heteroatoms. The third-order valence-corrected chi connectivity index (χ3v) is 7.83. The van der Waals surface area contributed by atoms with Crippen molar-refractivity contribution in [1.29, 1.82) is 0 Å². The first-order valence-corrected chi connectivity index (χ1v) is 13.3. The zero-order valence-electron chi connectivity index (χ0n) is 20.2. The van der Waals surface area contributed by atoms with E-state index in [0.29, 0.717) is 5.56 Å². The number of aliphatic carboxylic acids is 1. The molecule has 4 rings (SSSR count). The van der Waals surface area contributed by atoms with E-state index in [1.165, 1.54) is 0 Å². The predicted molar refractivity (Wildman–Crippen MR) is 142 cm³/mol. The second-order valence-corrected chi connectivity index (χ2v) is 10.4. The Labute approximate surface area is 215 Å². The van der Waals surface area contributed by atoms with E-state index < -0.39 is 24.9 Å². The average Bonchev–Trinajstić information content (AvgIpc) is 2.91. The van der Waals surface area contributed by atoms with Gasteiger partial charge in [0.15, 0.2) is 5.28 Å². The molecule has 0 radical (unpaired) electrons. The number of carboxylic acid groups (broad SMARTS) is 1. The maximum absolute atomic E-state index is 13.2. The van der Waals surface area contributed by atoms with E-state index in [1.54, 1.807) is 67.8 Å². The molecule has 0 unspecified atom stereocenters. The highest BCUT2D eigenvalue weighted by atomic mass is 31.2. The van der Waals surface area contributed by atoms with Gasteiger partial charge in [0.25, 0.3) is 0 Å². The lowest BCUT2D eigenvalue weighted by molar-refractivity contribution is -0.139. The van der Waals surface area contributed by atoms with Gasteiger partial charge in [-0.2, -0.15) is 0 Å². The standard InChI is InChI=1S/C29H28NO6P/c1-36-27-15-9-8-14-25(27)22-18-16-21(17-19-22)20-26(28(31)32)30-29(37(33,34)35,23-10-4-2-5-11-23)24-12-6-3-7-13-24/h2-19,26,30H,20H2,1H3,(H,31,32)(H2,33,34,35)/t26-/m0/s1. The van der Waals surface area contributed by atoms with Crippen LogP contribution in [0.3, 0.4) is 0 Å². The fourth-order valence-corrected chi connectivity index (χ4v) is 5.80. The van der Waals surface area contributed by atoms with Gasteiger partial charge in [0.1, 0.15) is 11.8 Å². The number of hydrogen-bond donors (Lipinski definition) is 4. The molecule has 0 bridgehead atoms. The van der Waals surface area contributed by atoms with Crippen LogP contribution in [0.2, 0.25) is 0 Å². The third kappa shape index (κ3) is 5.50. The van der Waals surface area contributed by atoms with Gasteiger partial charge < -0.3 is 19.6 Å². The smallest absolute Gasteiger partial charge is 0.354 e. The van der Waals surface area contributed by atoms with E-state index in [0.717, 1.165) is 16.9 Å². The minimum absolute atomic E-state index is 0.00293. The molecule has 7 nitrogen and oxygen atoms in total. The summed E-state index contributed by atoms with van der Waals surface area (Å²) in [5.41, 5.74) is 3.04. The fourth-order valence-electron chi connectivity index (χ4n) is 4.50. The summed E-state index contributed by atoms with van der Waals surface area (Å²) in [5.74, 6) is -0.504. The van der Waals surface area contributed by atoms with Crippen LogP contribution in [-0.2, 0) is 21.1 Å². The Morgan fingerprint density at radius 1 is 0.838 bits per heavy atom. The summed E-state index contributed by atoms with van der Waals surface area (Å²) in [6.07, 6.45) is 0.00293. The number of rotatable bonds is 10. The van der Waals surface area contributed by atoms with Gasteiger partial charge in [0.2, 0.25) is 0 Å². The van der Waals surface area contributed by atoms with Crippen molar-refractivity contribution in [2.45, 2.75) is 17.7 Å². The molecule has 0 heterocycles. The van der Waals surface area contributed by atoms with Gasteiger partial charge >= 0.3 is 13.6 Å². The van der Waals surface area contributed by atoms with Gasteiger partial charge in [-0.05, 0) is 34.7 Å². The van der Waals surface area contributed by atoms with Crippen molar-refractivity contribution < 1.29 is 29.0 Å². The van der Waals surface area contributed by atoms with E-state index >= 15 is 0 Å². The lowest BCUT2D eigenvalue weighted by Gasteiger charge is -2.38. The fraction of sp³-hybridized carbons (Fsp3) is 0.138. The topological polar surface area (TPSA) is 116 Å². The van der Waals surface area contributed by atoms with Crippen LogP contribution in [0.4, 0.5) is 0 Å². The van der Waals surface area contributed by atoms with E-state index in [-0.39, 0.29) is 17.5 Å². The Kier molecular flexibility index (Phi) is 7.91. The third-order valence-electron chi connectivity index (χ3n) is 6.31. The number of carbonyl (C=O) groups is 1. The van der Waals surface area contributed by atoms with Crippen LogP contribution >= 0.6 is 7.60 Å². The van der Waals surface area contributed by atoms with E-state index in [2.05, 4.69) is 5.32 Å². The molecule has 0 aliphatic heterocycles. The average molecular weight is 518 g/mol. The Bertz CT molecular complexity index is 1350. The van der Waals surface area contributed by atoms with Crippen molar-refractivity contribution in [2.75, 3.05) is 7.11 Å². The maximum Gasteiger partial charge on any atom is 0.354 e. The molecule has 0 fully saturated rings. The van der Waals surface area contributed by atoms with Crippen molar-refractivity contribution >= 4 is 13.6 Å². The van der Waals surface area contributed by atoms with Crippen LogP contribution in [0.5, 0.6) is 5.75 Å². The van der Waals surface area contributed by atoms with E-state index in [4.69, 9.17) is 4.74 Å². The first-order chi connectivity index (χ1) is 17.8. The Hall–Kier alpha value is -3.74. The molecule has 4 N–H and O–H groups in total. The second kappa shape index (κ2) is 11.1. The molecule has 0 saturated carbocycles. The largest absolute Gasteiger partial charge is 0.496 e. The molecule has 0 aliphatic carbocycles. The highest BCUT2D eigenvalue weighted by Gasteiger charge is 2.52. The Morgan fingerprint density at radius 2 is 1.35 bits per heavy atom. The Morgan fingerprint density at radius 3 is 1.84 bits per heavy atom. The van der Waals surface area contributed by atoms with Crippen LogP contribution in [0, 0.1) is 0 Å².